The number of hydrogen-bond acceptors (Lipinski definition) is 7. The van der Waals surface area contributed by atoms with Crippen molar-refractivity contribution in [1.82, 2.24) is 14.7 Å². The molecular formula is C11H17N6O4+. The molecule has 1 aliphatic rings. The van der Waals surface area contributed by atoms with Crippen molar-refractivity contribution >= 4 is 5.69 Å². The first-order chi connectivity index (χ1) is 9.95. The summed E-state index contributed by atoms with van der Waals surface area (Å²) in [6, 6.07) is -0.546. The van der Waals surface area contributed by atoms with Crippen molar-refractivity contribution in [2.75, 3.05) is 0 Å². The minimum Gasteiger partial charge on any atom is -0.388 e. The first-order valence-electron chi connectivity index (χ1n) is 6.52. The Morgan fingerprint density at radius 1 is 1.67 bits per heavy atom. The summed E-state index contributed by atoms with van der Waals surface area (Å²) in [5, 5.41) is 28.7. The Morgan fingerprint density at radius 3 is 3.00 bits per heavy atom. The van der Waals surface area contributed by atoms with Gasteiger partial charge in [0.05, 0.1) is 11.0 Å². The van der Waals surface area contributed by atoms with E-state index >= 15 is 0 Å². The molecule has 2 heterocycles. The molecule has 10 heteroatoms. The van der Waals surface area contributed by atoms with E-state index in [-0.39, 0.29) is 5.69 Å². The van der Waals surface area contributed by atoms with E-state index < -0.39 is 29.3 Å². The lowest BCUT2D eigenvalue weighted by Crippen LogP contribution is -2.34. The van der Waals surface area contributed by atoms with Crippen molar-refractivity contribution in [1.29, 1.82) is 5.53 Å². The Bertz CT molecular complexity index is 581. The SMILES string of the molecule is C[C@@H]1O[C@H](c2c([N+](=O)[O-])cnn2C)CC[C@@H](N=[N+]=N)[C@@H]1O. The molecule has 0 saturated carbocycles. The molecule has 4 atom stereocenters. The van der Waals surface area contributed by atoms with Crippen LogP contribution in [0.5, 0.6) is 0 Å². The molecule has 114 valence electrons. The number of hydrogen-bond donors (Lipinski definition) is 2. The minimum atomic E-state index is -0.906. The molecule has 1 aliphatic heterocycles. The second-order valence-electron chi connectivity index (χ2n) is 4.98. The Balaban J connectivity index is 2.32. The molecule has 0 amide bonds. The minimum absolute atomic E-state index is 0.107. The van der Waals surface area contributed by atoms with Gasteiger partial charge < -0.3 is 9.84 Å². The third kappa shape index (κ3) is 2.97. The molecular weight excluding hydrogens is 280 g/mol. The van der Waals surface area contributed by atoms with Crippen molar-refractivity contribution in [3.63, 3.8) is 0 Å². The monoisotopic (exact) mass is 297 g/mol. The highest BCUT2D eigenvalue weighted by atomic mass is 16.6. The van der Waals surface area contributed by atoms with Crippen LogP contribution < -0.4 is 4.91 Å². The summed E-state index contributed by atoms with van der Waals surface area (Å²) in [5.41, 5.74) is 7.04. The van der Waals surface area contributed by atoms with Crippen LogP contribution in [0.25, 0.3) is 0 Å². The molecule has 0 bridgehead atoms. The molecule has 0 spiro atoms. The largest absolute Gasteiger partial charge is 0.388 e. The molecule has 1 aromatic rings. The highest BCUT2D eigenvalue weighted by Crippen LogP contribution is 2.35. The number of rotatable bonds is 3. The van der Waals surface area contributed by atoms with Gasteiger partial charge in [-0.15, -0.1) is 0 Å². The summed E-state index contributed by atoms with van der Waals surface area (Å²) >= 11 is 0. The number of nitrogens with zero attached hydrogens (tertiary/aromatic N) is 5. The van der Waals surface area contributed by atoms with Crippen LogP contribution in [-0.2, 0) is 11.8 Å². The molecule has 1 saturated heterocycles. The molecule has 10 nitrogen and oxygen atoms in total. The number of ether oxygens (including phenoxy) is 1. The molecule has 2 N–H and O–H groups in total. The average Bonchev–Trinajstić information content (AvgIpc) is 2.76. The Labute approximate surface area is 120 Å². The van der Waals surface area contributed by atoms with Crippen molar-refractivity contribution in [3.8, 4) is 0 Å². The highest BCUT2D eigenvalue weighted by Gasteiger charge is 2.38. The van der Waals surface area contributed by atoms with Gasteiger partial charge in [-0.2, -0.15) is 5.10 Å². The molecule has 0 unspecified atom stereocenters. The molecule has 1 fully saturated rings. The van der Waals surface area contributed by atoms with Crippen molar-refractivity contribution in [2.24, 2.45) is 12.2 Å². The van der Waals surface area contributed by atoms with Crippen molar-refractivity contribution in [2.45, 2.75) is 44.1 Å². The number of aromatic nitrogens is 2. The standard InChI is InChI=1S/C11H17N6O4/c1-6-11(18)7(14-15-12)3-4-9(21-6)10-8(17(19)20)5-13-16(10)2/h5-7,9,11-12,18H,3-4H2,1-2H3/q+1/t6-,7+,9-,11+/m0/s1. The third-order valence-electron chi connectivity index (χ3n) is 3.65. The molecule has 0 radical (unpaired) electrons. The quantitative estimate of drug-likeness (QED) is 0.368. The van der Waals surface area contributed by atoms with Gasteiger partial charge in [0.15, 0.2) is 6.04 Å². The van der Waals surface area contributed by atoms with Gasteiger partial charge in [-0.25, -0.2) is 0 Å². The third-order valence-corrected chi connectivity index (χ3v) is 3.65. The summed E-state index contributed by atoms with van der Waals surface area (Å²) in [6.45, 7) is 1.66. The lowest BCUT2D eigenvalue weighted by molar-refractivity contribution is -0.386. The Morgan fingerprint density at radius 2 is 2.38 bits per heavy atom. The van der Waals surface area contributed by atoms with Gasteiger partial charge in [0.1, 0.15) is 34.7 Å². The number of aryl methyl sites for hydroxylation is 1. The van der Waals surface area contributed by atoms with Crippen LogP contribution in [0.3, 0.4) is 0 Å². The summed E-state index contributed by atoms with van der Waals surface area (Å²) in [4.78, 5) is 13.5. The van der Waals surface area contributed by atoms with Crippen LogP contribution >= 0.6 is 0 Å². The summed E-state index contributed by atoms with van der Waals surface area (Å²) in [7, 11) is 1.61. The Kier molecular flexibility index (Phi) is 4.41. The number of aliphatic hydroxyl groups is 1. The van der Waals surface area contributed by atoms with Gasteiger partial charge in [0, 0.05) is 7.05 Å². The van der Waals surface area contributed by atoms with E-state index in [0.717, 1.165) is 0 Å². The topological polar surface area (TPSA) is 141 Å². The molecule has 1 aromatic heterocycles. The van der Waals surface area contributed by atoms with Crippen LogP contribution in [0.15, 0.2) is 11.3 Å². The van der Waals surface area contributed by atoms with Gasteiger partial charge in [0.25, 0.3) is 0 Å². The number of nitro groups is 1. The van der Waals surface area contributed by atoms with E-state index in [4.69, 9.17) is 10.3 Å². The van der Waals surface area contributed by atoms with Crippen LogP contribution in [-0.4, -0.2) is 38.1 Å². The molecule has 0 aromatic carbocycles. The molecule has 0 aliphatic carbocycles. The smallest absolute Gasteiger partial charge is 0.312 e. The zero-order valence-corrected chi connectivity index (χ0v) is 11.7. The predicted molar refractivity (Wildman–Crippen MR) is 69.5 cm³/mol. The number of nitrogens with one attached hydrogen (secondary N) is 1. The fraction of sp³-hybridized carbons (Fsp3) is 0.727. The second kappa shape index (κ2) is 6.08. The van der Waals surface area contributed by atoms with Gasteiger partial charge in [0.2, 0.25) is 4.91 Å². The second-order valence-corrected chi connectivity index (χ2v) is 4.98. The van der Waals surface area contributed by atoms with E-state index in [0.29, 0.717) is 18.5 Å². The van der Waals surface area contributed by atoms with E-state index in [9.17, 15) is 15.2 Å². The van der Waals surface area contributed by atoms with Crippen LogP contribution in [0.2, 0.25) is 0 Å². The van der Waals surface area contributed by atoms with E-state index in [1.54, 1.807) is 14.0 Å². The molecule has 2 rings (SSSR count). The fourth-order valence-corrected chi connectivity index (χ4v) is 2.56. The van der Waals surface area contributed by atoms with Crippen molar-refractivity contribution < 1.29 is 14.8 Å². The van der Waals surface area contributed by atoms with Gasteiger partial charge in [-0.1, -0.05) is 0 Å². The van der Waals surface area contributed by atoms with Gasteiger partial charge in [-0.3, -0.25) is 14.8 Å². The first-order valence-corrected chi connectivity index (χ1v) is 6.52. The first kappa shape index (κ1) is 15.2. The summed E-state index contributed by atoms with van der Waals surface area (Å²) in [5.74, 6) is 0. The lowest BCUT2D eigenvalue weighted by atomic mass is 10.0. The highest BCUT2D eigenvalue weighted by molar-refractivity contribution is 5.35. The number of aliphatic hydroxyl groups excluding tert-OH is 1. The van der Waals surface area contributed by atoms with Crippen LogP contribution in [0, 0.1) is 15.6 Å². The molecule has 21 heavy (non-hydrogen) atoms. The zero-order chi connectivity index (χ0) is 15.6. The van der Waals surface area contributed by atoms with Crippen LogP contribution in [0.4, 0.5) is 5.69 Å². The van der Waals surface area contributed by atoms with E-state index in [1.165, 1.54) is 10.9 Å². The average molecular weight is 297 g/mol. The Hall–Kier alpha value is -2.16. The fourth-order valence-electron chi connectivity index (χ4n) is 2.56. The van der Waals surface area contributed by atoms with Crippen LogP contribution in [0.1, 0.15) is 31.6 Å². The maximum Gasteiger partial charge on any atom is 0.312 e. The van der Waals surface area contributed by atoms with E-state index in [1.807, 2.05) is 0 Å². The van der Waals surface area contributed by atoms with E-state index in [2.05, 4.69) is 15.1 Å². The van der Waals surface area contributed by atoms with Gasteiger partial charge >= 0.3 is 5.69 Å². The normalized spacial score (nSPS) is 29.5. The summed E-state index contributed by atoms with van der Waals surface area (Å²) < 4.78 is 7.15. The predicted octanol–water partition coefficient (Wildman–Crippen LogP) is 0.848. The lowest BCUT2D eigenvalue weighted by Gasteiger charge is -2.21. The van der Waals surface area contributed by atoms with Gasteiger partial charge in [-0.05, 0) is 19.8 Å². The van der Waals surface area contributed by atoms with Crippen molar-refractivity contribution in [3.05, 3.63) is 22.0 Å². The maximum absolute atomic E-state index is 11.1. The zero-order valence-electron chi connectivity index (χ0n) is 11.7. The summed E-state index contributed by atoms with van der Waals surface area (Å²) in [6.07, 6.45) is -0.0229. The maximum atomic E-state index is 11.1.